The van der Waals surface area contributed by atoms with Gasteiger partial charge in [-0.15, -0.1) is 0 Å². The Kier molecular flexibility index (Phi) is 4.61. The quantitative estimate of drug-likeness (QED) is 0.664. The minimum atomic E-state index is -1.32. The van der Waals surface area contributed by atoms with Crippen molar-refractivity contribution in [1.29, 1.82) is 0 Å². The molecule has 0 fully saturated rings. The van der Waals surface area contributed by atoms with Gasteiger partial charge in [0.1, 0.15) is 5.69 Å². The molecular formula is C19H16N2O4. The summed E-state index contributed by atoms with van der Waals surface area (Å²) in [6.45, 7) is 0. The first-order chi connectivity index (χ1) is 12.0. The molecule has 0 unspecified atom stereocenters. The summed E-state index contributed by atoms with van der Waals surface area (Å²) < 4.78 is 0. The van der Waals surface area contributed by atoms with Crippen LogP contribution >= 0.6 is 0 Å². The fourth-order valence-corrected chi connectivity index (χ4v) is 2.70. The molecule has 0 saturated heterocycles. The normalized spacial score (nSPS) is 10.6. The number of carbonyl (C=O) groups is 1. The van der Waals surface area contributed by atoms with Crippen molar-refractivity contribution in [3.05, 3.63) is 92.3 Å². The lowest BCUT2D eigenvalue weighted by atomic mass is 10.0. The van der Waals surface area contributed by atoms with E-state index < -0.39 is 17.2 Å². The molecule has 126 valence electrons. The Balaban J connectivity index is 1.80. The Morgan fingerprint density at radius 3 is 2.12 bits per heavy atom. The van der Waals surface area contributed by atoms with Crippen LogP contribution in [-0.4, -0.2) is 21.0 Å². The zero-order valence-corrected chi connectivity index (χ0v) is 13.3. The van der Waals surface area contributed by atoms with Crippen molar-refractivity contribution < 1.29 is 9.90 Å². The average molecular weight is 336 g/mol. The summed E-state index contributed by atoms with van der Waals surface area (Å²) in [5.74, 6) is -1.32. The molecule has 0 amide bonds. The van der Waals surface area contributed by atoms with Crippen LogP contribution < -0.4 is 11.2 Å². The molecule has 3 aromatic rings. The van der Waals surface area contributed by atoms with E-state index >= 15 is 0 Å². The van der Waals surface area contributed by atoms with Gasteiger partial charge in [0.25, 0.3) is 5.56 Å². The predicted molar refractivity (Wildman–Crippen MR) is 93.9 cm³/mol. The monoisotopic (exact) mass is 336 g/mol. The second-order valence-electron chi connectivity index (χ2n) is 5.63. The van der Waals surface area contributed by atoms with E-state index in [-0.39, 0.29) is 17.7 Å². The predicted octanol–water partition coefficient (Wildman–Crippen LogP) is 2.21. The molecule has 25 heavy (non-hydrogen) atoms. The zero-order chi connectivity index (χ0) is 17.8. The van der Waals surface area contributed by atoms with E-state index in [1.807, 2.05) is 54.6 Å². The smallest absolute Gasteiger partial charge is 0.352 e. The van der Waals surface area contributed by atoms with E-state index in [0.29, 0.717) is 6.42 Å². The Hall–Kier alpha value is -3.41. The number of aromatic amines is 2. The number of carboxylic acid groups (broad SMARTS) is 1. The minimum absolute atomic E-state index is 0.0687. The van der Waals surface area contributed by atoms with Crippen molar-refractivity contribution in [3.8, 4) is 11.1 Å². The van der Waals surface area contributed by atoms with Crippen LogP contribution in [0, 0.1) is 0 Å². The van der Waals surface area contributed by atoms with E-state index in [4.69, 9.17) is 5.11 Å². The topological polar surface area (TPSA) is 103 Å². The number of aromatic nitrogens is 2. The van der Waals surface area contributed by atoms with Crippen LogP contribution in [0.25, 0.3) is 11.1 Å². The Labute approximate surface area is 142 Å². The Morgan fingerprint density at radius 2 is 1.48 bits per heavy atom. The van der Waals surface area contributed by atoms with Crippen LogP contribution in [0.15, 0.2) is 64.2 Å². The van der Waals surface area contributed by atoms with E-state index in [9.17, 15) is 14.4 Å². The lowest BCUT2D eigenvalue weighted by molar-refractivity contribution is 0.0688. The molecule has 1 heterocycles. The number of rotatable bonds is 5. The molecule has 0 bridgehead atoms. The van der Waals surface area contributed by atoms with Gasteiger partial charge in [0, 0.05) is 5.56 Å². The second kappa shape index (κ2) is 7.00. The SMILES string of the molecule is O=C(O)c1[nH]c(=O)[nH]c(=O)c1CCc1ccc(-c2ccccc2)cc1. The number of carboxylic acids is 1. The molecule has 2 aromatic carbocycles. The van der Waals surface area contributed by atoms with Gasteiger partial charge in [-0.2, -0.15) is 0 Å². The molecule has 6 heteroatoms. The number of nitrogens with one attached hydrogen (secondary N) is 2. The maximum atomic E-state index is 11.9. The van der Waals surface area contributed by atoms with E-state index in [0.717, 1.165) is 16.7 Å². The number of aryl methyl sites for hydroxylation is 1. The van der Waals surface area contributed by atoms with Crippen molar-refractivity contribution in [2.75, 3.05) is 0 Å². The van der Waals surface area contributed by atoms with Crippen molar-refractivity contribution in [2.45, 2.75) is 12.8 Å². The molecule has 1 aromatic heterocycles. The van der Waals surface area contributed by atoms with Crippen molar-refractivity contribution in [2.24, 2.45) is 0 Å². The summed E-state index contributed by atoms with van der Waals surface area (Å²) in [7, 11) is 0. The molecule has 0 aliphatic rings. The van der Waals surface area contributed by atoms with Crippen LogP contribution in [0.3, 0.4) is 0 Å². The molecular weight excluding hydrogens is 320 g/mol. The lowest BCUT2D eigenvalue weighted by Crippen LogP contribution is -2.30. The highest BCUT2D eigenvalue weighted by Crippen LogP contribution is 2.19. The molecule has 0 aliphatic heterocycles. The summed E-state index contributed by atoms with van der Waals surface area (Å²) in [6.07, 6.45) is 0.711. The van der Waals surface area contributed by atoms with Crippen molar-refractivity contribution in [1.82, 2.24) is 9.97 Å². The van der Waals surface area contributed by atoms with Gasteiger partial charge < -0.3 is 10.1 Å². The van der Waals surface area contributed by atoms with Crippen LogP contribution in [0.4, 0.5) is 0 Å². The Bertz CT molecular complexity index is 1000. The largest absolute Gasteiger partial charge is 0.477 e. The van der Waals surface area contributed by atoms with Crippen molar-refractivity contribution in [3.63, 3.8) is 0 Å². The van der Waals surface area contributed by atoms with Gasteiger partial charge in [0.05, 0.1) is 0 Å². The highest BCUT2D eigenvalue weighted by Gasteiger charge is 2.15. The first-order valence-corrected chi connectivity index (χ1v) is 7.78. The maximum absolute atomic E-state index is 11.9. The van der Waals surface area contributed by atoms with Gasteiger partial charge in [-0.05, 0) is 29.5 Å². The second-order valence-corrected chi connectivity index (χ2v) is 5.63. The Morgan fingerprint density at radius 1 is 0.840 bits per heavy atom. The van der Waals surface area contributed by atoms with Gasteiger partial charge in [0.15, 0.2) is 0 Å². The molecule has 0 radical (unpaired) electrons. The van der Waals surface area contributed by atoms with Gasteiger partial charge in [-0.3, -0.25) is 9.78 Å². The van der Waals surface area contributed by atoms with Gasteiger partial charge in [0.2, 0.25) is 0 Å². The maximum Gasteiger partial charge on any atom is 0.352 e. The first-order valence-electron chi connectivity index (χ1n) is 7.78. The minimum Gasteiger partial charge on any atom is -0.477 e. The van der Waals surface area contributed by atoms with Crippen LogP contribution in [0.1, 0.15) is 21.6 Å². The molecule has 0 spiro atoms. The summed E-state index contributed by atoms with van der Waals surface area (Å²) in [4.78, 5) is 38.6. The van der Waals surface area contributed by atoms with Gasteiger partial charge in [-0.25, -0.2) is 9.59 Å². The number of hydrogen-bond donors (Lipinski definition) is 3. The number of H-pyrrole nitrogens is 2. The highest BCUT2D eigenvalue weighted by molar-refractivity contribution is 5.86. The molecule has 0 saturated carbocycles. The fourth-order valence-electron chi connectivity index (χ4n) is 2.70. The number of hydrogen-bond acceptors (Lipinski definition) is 3. The van der Waals surface area contributed by atoms with Crippen LogP contribution in [0.5, 0.6) is 0 Å². The van der Waals surface area contributed by atoms with Gasteiger partial charge >= 0.3 is 11.7 Å². The third-order valence-electron chi connectivity index (χ3n) is 3.98. The highest BCUT2D eigenvalue weighted by atomic mass is 16.4. The summed E-state index contributed by atoms with van der Waals surface area (Å²) >= 11 is 0. The van der Waals surface area contributed by atoms with Crippen molar-refractivity contribution >= 4 is 5.97 Å². The van der Waals surface area contributed by atoms with Gasteiger partial charge in [-0.1, -0.05) is 54.6 Å². The van der Waals surface area contributed by atoms with Crippen LogP contribution in [-0.2, 0) is 12.8 Å². The summed E-state index contributed by atoms with van der Waals surface area (Å²) in [5.41, 5.74) is 1.40. The standard InChI is InChI=1S/C19H16N2O4/c22-17-15(16(18(23)24)20-19(25)21-17)11-8-12-6-9-14(10-7-12)13-4-2-1-3-5-13/h1-7,9-10H,8,11H2,(H,23,24)(H2,20,21,22,25). The number of aromatic carboxylic acids is 1. The average Bonchev–Trinajstić information content (AvgIpc) is 2.61. The molecule has 0 atom stereocenters. The first kappa shape index (κ1) is 16.4. The zero-order valence-electron chi connectivity index (χ0n) is 13.3. The van der Waals surface area contributed by atoms with E-state index in [2.05, 4.69) is 9.97 Å². The third kappa shape index (κ3) is 3.74. The molecule has 6 nitrogen and oxygen atoms in total. The van der Waals surface area contributed by atoms with E-state index in [1.165, 1.54) is 0 Å². The number of benzene rings is 2. The lowest BCUT2D eigenvalue weighted by Gasteiger charge is -2.06. The fraction of sp³-hybridized carbons (Fsp3) is 0.105. The third-order valence-corrected chi connectivity index (χ3v) is 3.98. The summed E-state index contributed by atoms with van der Waals surface area (Å²) in [6, 6.07) is 17.8. The molecule has 3 rings (SSSR count). The molecule has 3 N–H and O–H groups in total. The van der Waals surface area contributed by atoms with Crippen LogP contribution in [0.2, 0.25) is 0 Å². The molecule has 0 aliphatic carbocycles. The summed E-state index contributed by atoms with van der Waals surface area (Å²) in [5, 5.41) is 9.15. The van der Waals surface area contributed by atoms with E-state index in [1.54, 1.807) is 0 Å².